The molecule has 0 amide bonds. The van der Waals surface area contributed by atoms with E-state index in [2.05, 4.69) is 15.2 Å². The quantitative estimate of drug-likeness (QED) is 0.905. The second-order valence-electron chi connectivity index (χ2n) is 7.26. The average Bonchev–Trinajstić information content (AvgIpc) is 2.83. The summed E-state index contributed by atoms with van der Waals surface area (Å²) >= 11 is 0. The van der Waals surface area contributed by atoms with E-state index in [9.17, 15) is 4.79 Å². The van der Waals surface area contributed by atoms with Crippen LogP contribution >= 0.6 is 0 Å². The zero-order valence-electron chi connectivity index (χ0n) is 13.3. The molecule has 2 aliphatic heterocycles. The fourth-order valence-corrected chi connectivity index (χ4v) is 3.63. The molecule has 2 unspecified atom stereocenters. The minimum absolute atomic E-state index is 0.0146. The Hall–Kier alpha value is -1.36. The first kappa shape index (κ1) is 14.6. The van der Waals surface area contributed by atoms with Gasteiger partial charge in [0, 0.05) is 36.6 Å². The molecule has 116 valence electrons. The smallest absolute Gasteiger partial charge is 0.293 e. The Kier molecular flexibility index (Phi) is 3.78. The lowest BCUT2D eigenvalue weighted by Gasteiger charge is -2.32. The lowest BCUT2D eigenvalue weighted by molar-refractivity contribution is 0.192. The van der Waals surface area contributed by atoms with Crippen molar-refractivity contribution in [1.29, 1.82) is 0 Å². The molecule has 5 nitrogen and oxygen atoms in total. The maximum absolute atomic E-state index is 12.6. The van der Waals surface area contributed by atoms with E-state index in [1.807, 2.05) is 20.8 Å². The molecule has 0 bridgehead atoms. The third-order valence-electron chi connectivity index (χ3n) is 4.74. The van der Waals surface area contributed by atoms with Crippen LogP contribution in [-0.2, 0) is 5.54 Å². The minimum atomic E-state index is -0.219. The van der Waals surface area contributed by atoms with Gasteiger partial charge in [0.1, 0.15) is 0 Å². The van der Waals surface area contributed by atoms with Crippen molar-refractivity contribution >= 4 is 5.82 Å². The molecule has 1 N–H and O–H groups in total. The lowest BCUT2D eigenvalue weighted by Crippen LogP contribution is -2.43. The van der Waals surface area contributed by atoms with E-state index in [1.165, 1.54) is 25.8 Å². The van der Waals surface area contributed by atoms with Crippen molar-refractivity contribution < 1.29 is 0 Å². The van der Waals surface area contributed by atoms with Gasteiger partial charge in [-0.25, -0.2) is 4.98 Å². The fourth-order valence-electron chi connectivity index (χ4n) is 3.63. The highest BCUT2D eigenvalue weighted by Gasteiger charge is 2.36. The van der Waals surface area contributed by atoms with Crippen LogP contribution in [-0.4, -0.2) is 39.6 Å². The summed E-state index contributed by atoms with van der Waals surface area (Å²) in [5.74, 6) is 0.504. The molecule has 2 fully saturated rings. The van der Waals surface area contributed by atoms with Crippen molar-refractivity contribution in [2.24, 2.45) is 0 Å². The van der Waals surface area contributed by atoms with Crippen LogP contribution in [0.15, 0.2) is 17.2 Å². The summed E-state index contributed by atoms with van der Waals surface area (Å²) in [4.78, 5) is 19.4. The molecule has 3 heterocycles. The first-order chi connectivity index (χ1) is 9.97. The standard InChI is InChI=1S/C16H26N4O/c1-16(2,3)20-11-8-17-14(15(20)21)18-12-7-10-19-9-5-4-6-13(12)19/h8,11-13H,4-7,9-10H2,1-3H3,(H,17,18). The van der Waals surface area contributed by atoms with E-state index in [0.717, 1.165) is 13.0 Å². The molecule has 1 aromatic rings. The van der Waals surface area contributed by atoms with Gasteiger partial charge in [0.15, 0.2) is 5.82 Å². The Balaban J connectivity index is 1.81. The number of hydrogen-bond donors (Lipinski definition) is 1. The molecular weight excluding hydrogens is 264 g/mol. The van der Waals surface area contributed by atoms with Gasteiger partial charge >= 0.3 is 0 Å². The van der Waals surface area contributed by atoms with E-state index in [-0.39, 0.29) is 11.1 Å². The predicted octanol–water partition coefficient (Wildman–Crippen LogP) is 2.04. The summed E-state index contributed by atoms with van der Waals surface area (Å²) < 4.78 is 1.76. The summed E-state index contributed by atoms with van der Waals surface area (Å²) in [6, 6.07) is 0.935. The van der Waals surface area contributed by atoms with Crippen LogP contribution in [0.3, 0.4) is 0 Å². The molecule has 0 saturated carbocycles. The molecule has 21 heavy (non-hydrogen) atoms. The summed E-state index contributed by atoms with van der Waals surface area (Å²) in [6.07, 6.45) is 8.45. The molecule has 0 radical (unpaired) electrons. The number of rotatable bonds is 2. The molecule has 0 aromatic carbocycles. The Morgan fingerprint density at radius 1 is 1.24 bits per heavy atom. The van der Waals surface area contributed by atoms with Crippen LogP contribution < -0.4 is 10.9 Å². The van der Waals surface area contributed by atoms with Gasteiger partial charge in [0.25, 0.3) is 5.56 Å². The second-order valence-corrected chi connectivity index (χ2v) is 7.26. The number of piperidine rings is 1. The Bertz CT molecular complexity index is 560. The summed E-state index contributed by atoms with van der Waals surface area (Å²) in [7, 11) is 0. The lowest BCUT2D eigenvalue weighted by atomic mass is 9.99. The van der Waals surface area contributed by atoms with Crippen LogP contribution in [0.1, 0.15) is 46.5 Å². The van der Waals surface area contributed by atoms with Crippen LogP contribution in [0, 0.1) is 0 Å². The third-order valence-corrected chi connectivity index (χ3v) is 4.74. The molecule has 5 heteroatoms. The zero-order valence-corrected chi connectivity index (χ0v) is 13.3. The largest absolute Gasteiger partial charge is 0.361 e. The summed E-state index contributed by atoms with van der Waals surface area (Å²) in [5, 5.41) is 3.43. The van der Waals surface area contributed by atoms with Crippen LogP contribution in [0.4, 0.5) is 5.82 Å². The van der Waals surface area contributed by atoms with Crippen molar-refractivity contribution in [1.82, 2.24) is 14.5 Å². The van der Waals surface area contributed by atoms with Gasteiger partial charge in [-0.05, 0) is 46.6 Å². The van der Waals surface area contributed by atoms with Crippen LogP contribution in [0.25, 0.3) is 0 Å². The van der Waals surface area contributed by atoms with E-state index in [0.29, 0.717) is 17.9 Å². The van der Waals surface area contributed by atoms with Gasteiger partial charge in [0.2, 0.25) is 0 Å². The molecule has 2 atom stereocenters. The van der Waals surface area contributed by atoms with E-state index < -0.39 is 0 Å². The molecule has 1 aromatic heterocycles. The maximum Gasteiger partial charge on any atom is 0.293 e. The number of anilines is 1. The molecule has 2 aliphatic rings. The SMILES string of the molecule is CC(C)(C)n1ccnc(NC2CCN3CCCCC23)c1=O. The summed E-state index contributed by atoms with van der Waals surface area (Å²) in [5.41, 5.74) is -0.234. The van der Waals surface area contributed by atoms with Crippen molar-refractivity contribution in [3.63, 3.8) is 0 Å². The fraction of sp³-hybridized carbons (Fsp3) is 0.750. The van der Waals surface area contributed by atoms with Gasteiger partial charge in [-0.1, -0.05) is 6.42 Å². The topological polar surface area (TPSA) is 50.2 Å². The summed E-state index contributed by atoms with van der Waals surface area (Å²) in [6.45, 7) is 8.46. The highest BCUT2D eigenvalue weighted by molar-refractivity contribution is 5.34. The Morgan fingerprint density at radius 2 is 2.05 bits per heavy atom. The van der Waals surface area contributed by atoms with Crippen LogP contribution in [0.2, 0.25) is 0 Å². The highest BCUT2D eigenvalue weighted by atomic mass is 16.1. The molecule has 0 spiro atoms. The maximum atomic E-state index is 12.6. The first-order valence-electron chi connectivity index (χ1n) is 8.05. The first-order valence-corrected chi connectivity index (χ1v) is 8.05. The third kappa shape index (κ3) is 2.84. The normalized spacial score (nSPS) is 26.6. The number of nitrogens with one attached hydrogen (secondary N) is 1. The van der Waals surface area contributed by atoms with Gasteiger partial charge in [-0.3, -0.25) is 9.69 Å². The van der Waals surface area contributed by atoms with E-state index >= 15 is 0 Å². The Labute approximate surface area is 126 Å². The number of fused-ring (bicyclic) bond motifs is 1. The van der Waals surface area contributed by atoms with E-state index in [1.54, 1.807) is 17.0 Å². The minimum Gasteiger partial charge on any atom is -0.361 e. The van der Waals surface area contributed by atoms with Gasteiger partial charge in [-0.2, -0.15) is 0 Å². The zero-order chi connectivity index (χ0) is 15.0. The van der Waals surface area contributed by atoms with E-state index in [4.69, 9.17) is 0 Å². The number of hydrogen-bond acceptors (Lipinski definition) is 4. The van der Waals surface area contributed by atoms with Gasteiger partial charge in [-0.15, -0.1) is 0 Å². The van der Waals surface area contributed by atoms with Crippen molar-refractivity contribution in [2.75, 3.05) is 18.4 Å². The number of aromatic nitrogens is 2. The second kappa shape index (κ2) is 5.44. The van der Waals surface area contributed by atoms with Crippen molar-refractivity contribution in [2.45, 2.75) is 64.1 Å². The van der Waals surface area contributed by atoms with Gasteiger partial charge in [0.05, 0.1) is 0 Å². The van der Waals surface area contributed by atoms with Crippen LogP contribution in [0.5, 0.6) is 0 Å². The van der Waals surface area contributed by atoms with Crippen molar-refractivity contribution in [3.05, 3.63) is 22.7 Å². The van der Waals surface area contributed by atoms with Gasteiger partial charge < -0.3 is 9.88 Å². The predicted molar refractivity (Wildman–Crippen MR) is 84.7 cm³/mol. The average molecular weight is 290 g/mol. The molecule has 0 aliphatic carbocycles. The Morgan fingerprint density at radius 3 is 2.81 bits per heavy atom. The van der Waals surface area contributed by atoms with Crippen molar-refractivity contribution in [3.8, 4) is 0 Å². The highest BCUT2D eigenvalue weighted by Crippen LogP contribution is 2.28. The molecular formula is C16H26N4O. The number of nitrogens with zero attached hydrogens (tertiary/aromatic N) is 3. The molecule has 3 rings (SSSR count). The monoisotopic (exact) mass is 290 g/mol. The molecule has 2 saturated heterocycles.